The minimum atomic E-state index is -0.471. The van der Waals surface area contributed by atoms with Gasteiger partial charge in [-0.15, -0.1) is 10.2 Å². The molecule has 0 aliphatic rings. The van der Waals surface area contributed by atoms with Crippen molar-refractivity contribution in [3.8, 4) is 11.5 Å². The molecule has 3 rings (SSSR count). The van der Waals surface area contributed by atoms with Crippen molar-refractivity contribution >= 4 is 5.91 Å². The molecule has 0 atom stereocenters. The summed E-state index contributed by atoms with van der Waals surface area (Å²) in [5, 5.41) is 10.2. The first kappa shape index (κ1) is 14.9. The molecule has 2 aromatic carbocycles. The lowest BCUT2D eigenvalue weighted by atomic mass is 10.1. The first-order chi connectivity index (χ1) is 11.1. The van der Waals surface area contributed by atoms with Gasteiger partial charge in [0, 0.05) is 12.1 Å². The van der Waals surface area contributed by atoms with E-state index in [9.17, 15) is 9.18 Å². The molecule has 6 heteroatoms. The van der Waals surface area contributed by atoms with Gasteiger partial charge in [-0.3, -0.25) is 4.79 Å². The fourth-order valence-corrected chi connectivity index (χ4v) is 2.13. The Morgan fingerprint density at radius 2 is 2.00 bits per heavy atom. The minimum Gasteiger partial charge on any atom is -0.412 e. The largest absolute Gasteiger partial charge is 0.412 e. The van der Waals surface area contributed by atoms with E-state index >= 15 is 0 Å². The van der Waals surface area contributed by atoms with Crippen LogP contribution >= 0.6 is 0 Å². The minimum absolute atomic E-state index is 0.102. The zero-order valence-corrected chi connectivity index (χ0v) is 12.4. The fourth-order valence-electron chi connectivity index (χ4n) is 2.13. The van der Waals surface area contributed by atoms with Gasteiger partial charge in [-0.1, -0.05) is 35.9 Å². The molecule has 5 nitrogen and oxygen atoms in total. The predicted octanol–water partition coefficient (Wildman–Crippen LogP) is 3.11. The van der Waals surface area contributed by atoms with Gasteiger partial charge in [0.1, 0.15) is 5.82 Å². The van der Waals surface area contributed by atoms with E-state index in [1.54, 1.807) is 6.07 Å². The van der Waals surface area contributed by atoms with Crippen LogP contribution in [0.1, 0.15) is 21.8 Å². The number of carbonyl (C=O) groups excluding carboxylic acids is 1. The van der Waals surface area contributed by atoms with E-state index in [0.717, 1.165) is 11.1 Å². The first-order valence-electron chi connectivity index (χ1n) is 7.05. The van der Waals surface area contributed by atoms with Crippen molar-refractivity contribution < 1.29 is 13.6 Å². The molecule has 0 fully saturated rings. The highest BCUT2D eigenvalue weighted by molar-refractivity contribution is 5.89. The normalized spacial score (nSPS) is 10.5. The van der Waals surface area contributed by atoms with Gasteiger partial charge in [0.05, 0.1) is 0 Å². The molecule has 3 aromatic rings. The number of halogens is 1. The maximum atomic E-state index is 13.2. The third-order valence-corrected chi connectivity index (χ3v) is 3.23. The monoisotopic (exact) mass is 311 g/mol. The predicted molar refractivity (Wildman–Crippen MR) is 82.0 cm³/mol. The SMILES string of the molecule is Cc1cccc(CNC(=O)c2nnc(-c3cccc(F)c3)o2)c1. The number of aromatic nitrogens is 2. The van der Waals surface area contributed by atoms with Gasteiger partial charge in [-0.05, 0) is 30.7 Å². The Labute approximate surface area is 132 Å². The van der Waals surface area contributed by atoms with E-state index in [1.165, 1.54) is 18.2 Å². The van der Waals surface area contributed by atoms with Crippen LogP contribution in [0.3, 0.4) is 0 Å². The molecule has 1 aromatic heterocycles. The van der Waals surface area contributed by atoms with Crippen LogP contribution in [-0.2, 0) is 6.54 Å². The van der Waals surface area contributed by atoms with Crippen LogP contribution in [0.25, 0.3) is 11.5 Å². The highest BCUT2D eigenvalue weighted by atomic mass is 19.1. The van der Waals surface area contributed by atoms with Crippen LogP contribution in [0.5, 0.6) is 0 Å². The van der Waals surface area contributed by atoms with Crippen molar-refractivity contribution in [2.24, 2.45) is 0 Å². The molecule has 0 unspecified atom stereocenters. The molecule has 0 spiro atoms. The van der Waals surface area contributed by atoms with Crippen LogP contribution < -0.4 is 5.32 Å². The number of hydrogen-bond donors (Lipinski definition) is 1. The zero-order valence-electron chi connectivity index (χ0n) is 12.4. The number of carbonyl (C=O) groups is 1. The summed E-state index contributed by atoms with van der Waals surface area (Å²) in [6.45, 7) is 2.34. The molecule has 1 N–H and O–H groups in total. The summed E-state index contributed by atoms with van der Waals surface area (Å²) in [5.74, 6) is -0.935. The highest BCUT2D eigenvalue weighted by Crippen LogP contribution is 2.18. The summed E-state index contributed by atoms with van der Waals surface area (Å²) in [6, 6.07) is 13.5. The lowest BCUT2D eigenvalue weighted by Crippen LogP contribution is -2.23. The standard InChI is InChI=1S/C17H14FN3O2/c1-11-4-2-5-12(8-11)10-19-15(22)17-21-20-16(23-17)13-6-3-7-14(18)9-13/h2-9H,10H2,1H3,(H,19,22). The third-order valence-electron chi connectivity index (χ3n) is 3.23. The second-order valence-electron chi connectivity index (χ2n) is 5.09. The van der Waals surface area contributed by atoms with E-state index in [-0.39, 0.29) is 11.8 Å². The number of nitrogens with one attached hydrogen (secondary N) is 1. The molecule has 0 saturated carbocycles. The summed E-state index contributed by atoms with van der Waals surface area (Å²) < 4.78 is 18.5. The van der Waals surface area contributed by atoms with E-state index in [4.69, 9.17) is 4.42 Å². The Morgan fingerprint density at radius 3 is 2.78 bits per heavy atom. The number of nitrogens with zero attached hydrogens (tertiary/aromatic N) is 2. The maximum absolute atomic E-state index is 13.2. The van der Waals surface area contributed by atoms with Crippen molar-refractivity contribution in [2.75, 3.05) is 0 Å². The van der Waals surface area contributed by atoms with Crippen LogP contribution in [0.15, 0.2) is 52.9 Å². The number of rotatable bonds is 4. The van der Waals surface area contributed by atoms with Crippen molar-refractivity contribution in [3.05, 3.63) is 71.4 Å². The molecule has 0 radical (unpaired) electrons. The van der Waals surface area contributed by atoms with Crippen LogP contribution in [0, 0.1) is 12.7 Å². The molecule has 116 valence electrons. The Morgan fingerprint density at radius 1 is 1.17 bits per heavy atom. The zero-order chi connectivity index (χ0) is 16.2. The number of hydrogen-bond acceptors (Lipinski definition) is 4. The number of benzene rings is 2. The maximum Gasteiger partial charge on any atom is 0.309 e. The van der Waals surface area contributed by atoms with Crippen molar-refractivity contribution in [1.29, 1.82) is 0 Å². The van der Waals surface area contributed by atoms with E-state index in [0.29, 0.717) is 12.1 Å². The number of aryl methyl sites for hydroxylation is 1. The number of amides is 1. The molecule has 1 amide bonds. The molecule has 0 saturated heterocycles. The van der Waals surface area contributed by atoms with Crippen molar-refractivity contribution in [3.63, 3.8) is 0 Å². The van der Waals surface area contributed by atoms with Gasteiger partial charge in [-0.25, -0.2) is 4.39 Å². The van der Waals surface area contributed by atoms with Crippen LogP contribution in [0.2, 0.25) is 0 Å². The van der Waals surface area contributed by atoms with Gasteiger partial charge in [-0.2, -0.15) is 0 Å². The fraction of sp³-hybridized carbons (Fsp3) is 0.118. The van der Waals surface area contributed by atoms with Gasteiger partial charge in [0.25, 0.3) is 0 Å². The third kappa shape index (κ3) is 3.60. The summed E-state index contributed by atoms with van der Waals surface area (Å²) in [6.07, 6.45) is 0. The van der Waals surface area contributed by atoms with E-state index in [2.05, 4.69) is 15.5 Å². The molecular weight excluding hydrogens is 297 g/mol. The first-order valence-corrected chi connectivity index (χ1v) is 7.05. The molecule has 23 heavy (non-hydrogen) atoms. The van der Waals surface area contributed by atoms with Crippen LogP contribution in [-0.4, -0.2) is 16.1 Å². The van der Waals surface area contributed by atoms with Gasteiger partial charge in [0.15, 0.2) is 0 Å². The summed E-state index contributed by atoms with van der Waals surface area (Å²) >= 11 is 0. The summed E-state index contributed by atoms with van der Waals surface area (Å²) in [5.41, 5.74) is 2.52. The Bertz CT molecular complexity index is 845. The Balaban J connectivity index is 1.69. The lowest BCUT2D eigenvalue weighted by molar-refractivity contribution is 0.0917. The summed E-state index contributed by atoms with van der Waals surface area (Å²) in [7, 11) is 0. The Kier molecular flexibility index (Phi) is 4.14. The average Bonchev–Trinajstić information content (AvgIpc) is 3.03. The second kappa shape index (κ2) is 6.39. The smallest absolute Gasteiger partial charge is 0.309 e. The van der Waals surface area contributed by atoms with E-state index < -0.39 is 11.7 Å². The second-order valence-corrected chi connectivity index (χ2v) is 5.09. The van der Waals surface area contributed by atoms with Crippen molar-refractivity contribution in [1.82, 2.24) is 15.5 Å². The molecule has 0 bridgehead atoms. The quantitative estimate of drug-likeness (QED) is 0.804. The lowest BCUT2D eigenvalue weighted by Gasteiger charge is -2.03. The van der Waals surface area contributed by atoms with Crippen molar-refractivity contribution in [2.45, 2.75) is 13.5 Å². The average molecular weight is 311 g/mol. The summed E-state index contributed by atoms with van der Waals surface area (Å²) in [4.78, 5) is 12.0. The Hall–Kier alpha value is -3.02. The molecule has 1 heterocycles. The van der Waals surface area contributed by atoms with Gasteiger partial charge in [0.2, 0.25) is 5.89 Å². The topological polar surface area (TPSA) is 68.0 Å². The van der Waals surface area contributed by atoms with Crippen LogP contribution in [0.4, 0.5) is 4.39 Å². The highest BCUT2D eigenvalue weighted by Gasteiger charge is 2.15. The van der Waals surface area contributed by atoms with Gasteiger partial charge >= 0.3 is 11.8 Å². The van der Waals surface area contributed by atoms with E-state index in [1.807, 2.05) is 31.2 Å². The molecule has 0 aliphatic heterocycles. The van der Waals surface area contributed by atoms with Gasteiger partial charge < -0.3 is 9.73 Å². The molecular formula is C17H14FN3O2. The molecule has 0 aliphatic carbocycles.